The maximum atomic E-state index is 12.9. The van der Waals surface area contributed by atoms with Gasteiger partial charge in [-0.05, 0) is 25.0 Å². The van der Waals surface area contributed by atoms with Crippen LogP contribution >= 0.6 is 0 Å². The Labute approximate surface area is 154 Å². The van der Waals surface area contributed by atoms with E-state index in [0.717, 1.165) is 42.7 Å². The molecular weight excluding hydrogens is 328 g/mol. The summed E-state index contributed by atoms with van der Waals surface area (Å²) in [7, 11) is 0. The topological polar surface area (TPSA) is 67.2 Å². The number of aryl methyl sites for hydroxylation is 1. The highest BCUT2D eigenvalue weighted by Crippen LogP contribution is 2.18. The van der Waals surface area contributed by atoms with Crippen LogP contribution in [0.1, 0.15) is 39.4 Å². The first-order chi connectivity index (χ1) is 12.5. The van der Waals surface area contributed by atoms with Crippen molar-refractivity contribution in [1.82, 2.24) is 19.8 Å². The molecule has 1 N–H and O–H groups in total. The van der Waals surface area contributed by atoms with E-state index in [1.54, 1.807) is 0 Å². The molecule has 1 unspecified atom stereocenters. The van der Waals surface area contributed by atoms with Crippen molar-refractivity contribution >= 4 is 22.8 Å². The van der Waals surface area contributed by atoms with Crippen molar-refractivity contribution in [2.45, 2.75) is 52.6 Å². The van der Waals surface area contributed by atoms with Crippen LogP contribution in [0.15, 0.2) is 24.3 Å². The zero-order chi connectivity index (χ0) is 18.7. The molecule has 1 atom stereocenters. The molecule has 2 aromatic rings. The van der Waals surface area contributed by atoms with Gasteiger partial charge in [-0.25, -0.2) is 4.98 Å². The summed E-state index contributed by atoms with van der Waals surface area (Å²) >= 11 is 0. The van der Waals surface area contributed by atoms with Crippen molar-refractivity contribution in [3.05, 3.63) is 30.1 Å². The van der Waals surface area contributed by atoms with Gasteiger partial charge in [-0.3, -0.25) is 9.59 Å². The summed E-state index contributed by atoms with van der Waals surface area (Å²) in [5, 5.41) is 3.06. The van der Waals surface area contributed by atoms with E-state index in [1.165, 1.54) is 0 Å². The van der Waals surface area contributed by atoms with Crippen molar-refractivity contribution in [3.63, 3.8) is 0 Å². The number of para-hydroxylation sites is 2. The number of nitrogens with zero attached hydrogens (tertiary/aromatic N) is 3. The van der Waals surface area contributed by atoms with Crippen LogP contribution in [-0.4, -0.2) is 45.4 Å². The van der Waals surface area contributed by atoms with E-state index < -0.39 is 0 Å². The van der Waals surface area contributed by atoms with E-state index >= 15 is 0 Å². The van der Waals surface area contributed by atoms with Crippen LogP contribution in [0.25, 0.3) is 11.0 Å². The minimum Gasteiger partial charge on any atom is -0.351 e. The van der Waals surface area contributed by atoms with E-state index in [4.69, 9.17) is 0 Å². The molecule has 6 heteroatoms. The number of imidazole rings is 1. The molecule has 1 aromatic heterocycles. The summed E-state index contributed by atoms with van der Waals surface area (Å²) in [6.45, 7) is 7.47. The van der Waals surface area contributed by atoms with E-state index in [-0.39, 0.29) is 23.8 Å². The second kappa shape index (κ2) is 7.89. The zero-order valence-electron chi connectivity index (χ0n) is 15.9. The van der Waals surface area contributed by atoms with Crippen molar-refractivity contribution in [2.75, 3.05) is 13.1 Å². The lowest BCUT2D eigenvalue weighted by molar-refractivity contribution is -0.134. The summed E-state index contributed by atoms with van der Waals surface area (Å²) in [6.07, 6.45) is 2.63. The van der Waals surface area contributed by atoms with Crippen molar-refractivity contribution < 1.29 is 9.59 Å². The van der Waals surface area contributed by atoms with Crippen molar-refractivity contribution in [3.8, 4) is 0 Å². The number of hydrogen-bond donors (Lipinski definition) is 1. The molecule has 0 bridgehead atoms. The number of aromatic nitrogens is 2. The van der Waals surface area contributed by atoms with Crippen LogP contribution in [0, 0.1) is 5.92 Å². The van der Waals surface area contributed by atoms with Gasteiger partial charge in [-0.1, -0.05) is 32.9 Å². The van der Waals surface area contributed by atoms with Gasteiger partial charge in [0.2, 0.25) is 11.8 Å². The minimum atomic E-state index is -0.0366. The highest BCUT2D eigenvalue weighted by molar-refractivity contribution is 5.81. The summed E-state index contributed by atoms with van der Waals surface area (Å²) in [6, 6.07) is 7.98. The summed E-state index contributed by atoms with van der Waals surface area (Å²) in [5.41, 5.74) is 1.93. The molecule has 2 heterocycles. The molecule has 1 aliphatic heterocycles. The Bertz CT molecular complexity index is 796. The highest BCUT2D eigenvalue weighted by Gasteiger charge is 2.26. The fraction of sp³-hybridized carbons (Fsp3) is 0.550. The molecule has 0 spiro atoms. The van der Waals surface area contributed by atoms with Crippen LogP contribution in [0.5, 0.6) is 0 Å². The molecule has 3 rings (SSSR count). The number of nitrogens with one attached hydrogen (secondary N) is 1. The fourth-order valence-corrected chi connectivity index (χ4v) is 3.50. The first kappa shape index (κ1) is 18.4. The lowest BCUT2D eigenvalue weighted by Gasteiger charge is -2.33. The number of fused-ring (bicyclic) bond motifs is 1. The third kappa shape index (κ3) is 3.89. The maximum absolute atomic E-state index is 12.9. The number of carbonyl (C=O) groups excluding carboxylic acids is 2. The molecule has 6 nitrogen and oxygen atoms in total. The predicted octanol–water partition coefficient (Wildman–Crippen LogP) is 2.36. The lowest BCUT2D eigenvalue weighted by Crippen LogP contribution is -2.51. The van der Waals surface area contributed by atoms with E-state index in [2.05, 4.69) is 17.2 Å². The summed E-state index contributed by atoms with van der Waals surface area (Å²) in [5.74, 6) is 1.04. The normalized spacial score (nSPS) is 17.7. The highest BCUT2D eigenvalue weighted by atomic mass is 16.2. The van der Waals surface area contributed by atoms with Crippen molar-refractivity contribution in [1.29, 1.82) is 0 Å². The minimum absolute atomic E-state index is 0.0366. The number of benzene rings is 1. The van der Waals surface area contributed by atoms with Gasteiger partial charge >= 0.3 is 0 Å². The van der Waals surface area contributed by atoms with Gasteiger partial charge in [0.15, 0.2) is 0 Å². The number of hydrogen-bond acceptors (Lipinski definition) is 3. The lowest BCUT2D eigenvalue weighted by atomic mass is 10.0. The average molecular weight is 356 g/mol. The molecular formula is C20H28N4O2. The van der Waals surface area contributed by atoms with Gasteiger partial charge in [-0.2, -0.15) is 0 Å². The second-order valence-electron chi connectivity index (χ2n) is 7.30. The standard InChI is InChI=1S/C20H28N4O2/c1-4-18-22-16-9-5-6-10-17(16)24(18)13-19(25)23-11-7-8-15(12-23)21-20(26)14(2)3/h5-6,9-10,14-15H,4,7-8,11-13H2,1-3H3,(H,21,26). The fourth-order valence-electron chi connectivity index (χ4n) is 3.50. The molecule has 1 aliphatic rings. The molecule has 0 saturated carbocycles. The molecule has 26 heavy (non-hydrogen) atoms. The maximum Gasteiger partial charge on any atom is 0.242 e. The smallest absolute Gasteiger partial charge is 0.242 e. The molecule has 0 aliphatic carbocycles. The van der Waals surface area contributed by atoms with E-state index in [9.17, 15) is 9.59 Å². The zero-order valence-corrected chi connectivity index (χ0v) is 15.9. The van der Waals surface area contributed by atoms with Gasteiger partial charge < -0.3 is 14.8 Å². The van der Waals surface area contributed by atoms with Crippen LogP contribution in [-0.2, 0) is 22.6 Å². The largest absolute Gasteiger partial charge is 0.351 e. The first-order valence-electron chi connectivity index (χ1n) is 9.52. The second-order valence-corrected chi connectivity index (χ2v) is 7.30. The number of piperidine rings is 1. The van der Waals surface area contributed by atoms with E-state index in [1.807, 2.05) is 47.6 Å². The van der Waals surface area contributed by atoms with Gasteiger partial charge in [-0.15, -0.1) is 0 Å². The molecule has 1 fully saturated rings. The predicted molar refractivity (Wildman–Crippen MR) is 102 cm³/mol. The molecule has 140 valence electrons. The Hall–Kier alpha value is -2.37. The quantitative estimate of drug-likeness (QED) is 0.894. The van der Waals surface area contributed by atoms with Crippen LogP contribution in [0.3, 0.4) is 0 Å². The Morgan fingerprint density at radius 1 is 1.31 bits per heavy atom. The van der Waals surface area contributed by atoms with E-state index in [0.29, 0.717) is 13.1 Å². The summed E-state index contributed by atoms with van der Waals surface area (Å²) in [4.78, 5) is 31.4. The molecule has 0 radical (unpaired) electrons. The number of carbonyl (C=O) groups is 2. The molecule has 1 saturated heterocycles. The molecule has 2 amide bonds. The van der Waals surface area contributed by atoms with Gasteiger partial charge in [0, 0.05) is 31.5 Å². The van der Waals surface area contributed by atoms with Crippen LogP contribution in [0.4, 0.5) is 0 Å². The number of rotatable bonds is 5. The number of likely N-dealkylation sites (tertiary alicyclic amines) is 1. The van der Waals surface area contributed by atoms with Crippen LogP contribution < -0.4 is 5.32 Å². The van der Waals surface area contributed by atoms with Crippen molar-refractivity contribution in [2.24, 2.45) is 5.92 Å². The third-order valence-electron chi connectivity index (χ3n) is 4.99. The summed E-state index contributed by atoms with van der Waals surface area (Å²) < 4.78 is 2.02. The first-order valence-corrected chi connectivity index (χ1v) is 9.52. The average Bonchev–Trinajstić information content (AvgIpc) is 2.99. The number of amides is 2. The SMILES string of the molecule is CCc1nc2ccccc2n1CC(=O)N1CCCC(NC(=O)C(C)C)C1. The van der Waals surface area contributed by atoms with Crippen LogP contribution in [0.2, 0.25) is 0 Å². The van der Waals surface area contributed by atoms with Gasteiger partial charge in [0.05, 0.1) is 11.0 Å². The Kier molecular flexibility index (Phi) is 5.59. The molecule has 1 aromatic carbocycles. The Balaban J connectivity index is 1.71. The Morgan fingerprint density at radius 3 is 2.81 bits per heavy atom. The monoisotopic (exact) mass is 356 g/mol. The Morgan fingerprint density at radius 2 is 2.08 bits per heavy atom. The van der Waals surface area contributed by atoms with Gasteiger partial charge in [0.1, 0.15) is 12.4 Å². The van der Waals surface area contributed by atoms with Gasteiger partial charge in [0.25, 0.3) is 0 Å². The third-order valence-corrected chi connectivity index (χ3v) is 4.99.